The van der Waals surface area contributed by atoms with Crippen molar-refractivity contribution in [1.29, 1.82) is 0 Å². The number of amides is 1. The van der Waals surface area contributed by atoms with Crippen LogP contribution in [0.1, 0.15) is 36.6 Å². The van der Waals surface area contributed by atoms with Gasteiger partial charge in [0, 0.05) is 30.9 Å². The predicted molar refractivity (Wildman–Crippen MR) is 92.8 cm³/mol. The van der Waals surface area contributed by atoms with Crippen molar-refractivity contribution in [3.63, 3.8) is 0 Å². The molecule has 1 aliphatic carbocycles. The van der Waals surface area contributed by atoms with Crippen molar-refractivity contribution in [3.8, 4) is 11.5 Å². The molecule has 0 saturated heterocycles. The molecule has 1 fully saturated rings. The Labute approximate surface area is 147 Å². The van der Waals surface area contributed by atoms with Gasteiger partial charge in [-0.25, -0.2) is 0 Å². The van der Waals surface area contributed by atoms with Crippen molar-refractivity contribution in [2.24, 2.45) is 5.92 Å². The van der Waals surface area contributed by atoms with Crippen molar-refractivity contribution in [1.82, 2.24) is 9.47 Å². The third-order valence-electron chi connectivity index (χ3n) is 5.66. The first-order valence-corrected chi connectivity index (χ1v) is 9.16. The lowest BCUT2D eigenvalue weighted by molar-refractivity contribution is -0.141. The normalized spacial score (nSPS) is 22.2. The molecule has 1 atom stereocenters. The Kier molecular flexibility index (Phi) is 3.47. The lowest BCUT2D eigenvalue weighted by atomic mass is 9.83. The third-order valence-corrected chi connectivity index (χ3v) is 5.66. The number of fused-ring (bicyclic) bond motifs is 2. The number of benzene rings is 1. The summed E-state index contributed by atoms with van der Waals surface area (Å²) < 4.78 is 13.7. The summed E-state index contributed by atoms with van der Waals surface area (Å²) in [5.41, 5.74) is 2.27. The molecule has 3 aliphatic rings. The van der Waals surface area contributed by atoms with Gasteiger partial charge in [-0.15, -0.1) is 0 Å². The molecular weight excluding hydrogens is 316 g/mol. The van der Waals surface area contributed by atoms with Crippen LogP contribution >= 0.6 is 0 Å². The summed E-state index contributed by atoms with van der Waals surface area (Å²) in [4.78, 5) is 15.1. The molecule has 1 aromatic carbocycles. The van der Waals surface area contributed by atoms with Crippen LogP contribution in [0.5, 0.6) is 11.5 Å². The van der Waals surface area contributed by atoms with Crippen LogP contribution in [0.25, 0.3) is 0 Å². The van der Waals surface area contributed by atoms with Crippen LogP contribution in [0.2, 0.25) is 0 Å². The van der Waals surface area contributed by atoms with E-state index in [4.69, 9.17) is 9.47 Å². The lowest BCUT2D eigenvalue weighted by Crippen LogP contribution is -2.46. The highest BCUT2D eigenvalue weighted by molar-refractivity contribution is 5.80. The maximum absolute atomic E-state index is 13.0. The Balaban J connectivity index is 1.56. The van der Waals surface area contributed by atoms with E-state index < -0.39 is 0 Å². The first-order chi connectivity index (χ1) is 12.3. The average Bonchev–Trinajstić information content (AvgIpc) is 3.07. The highest BCUT2D eigenvalue weighted by atomic mass is 16.6. The Morgan fingerprint density at radius 2 is 1.88 bits per heavy atom. The van der Waals surface area contributed by atoms with Crippen molar-refractivity contribution in [2.45, 2.75) is 31.8 Å². The van der Waals surface area contributed by atoms with E-state index in [0.29, 0.717) is 19.1 Å². The maximum Gasteiger partial charge on any atom is 0.226 e. The largest absolute Gasteiger partial charge is 0.486 e. The monoisotopic (exact) mass is 338 g/mol. The number of hydrogen-bond acceptors (Lipinski definition) is 3. The highest BCUT2D eigenvalue weighted by Gasteiger charge is 2.37. The van der Waals surface area contributed by atoms with Gasteiger partial charge >= 0.3 is 0 Å². The molecule has 1 saturated carbocycles. The molecule has 1 amide bonds. The molecule has 2 aromatic rings. The van der Waals surface area contributed by atoms with Gasteiger partial charge in [0.2, 0.25) is 5.91 Å². The van der Waals surface area contributed by atoms with Crippen LogP contribution in [-0.4, -0.2) is 35.1 Å². The standard InChI is InChI=1S/C20H22N2O3/c23-20(14-3-1-4-14)22-10-9-21-8-2-5-16(21)19(22)15-6-7-17-18(13-15)25-12-11-24-17/h2,5-8,13-14,19H,1,3-4,9-12H2. The number of carbonyl (C=O) groups excluding carboxylic acids is 1. The zero-order valence-electron chi connectivity index (χ0n) is 14.2. The molecule has 3 heterocycles. The van der Waals surface area contributed by atoms with Gasteiger partial charge in [0.25, 0.3) is 0 Å². The maximum atomic E-state index is 13.0. The van der Waals surface area contributed by atoms with Gasteiger partial charge in [0.15, 0.2) is 11.5 Å². The number of carbonyl (C=O) groups is 1. The molecule has 5 rings (SSSR count). The van der Waals surface area contributed by atoms with Crippen LogP contribution in [-0.2, 0) is 11.3 Å². The Morgan fingerprint density at radius 1 is 1.04 bits per heavy atom. The van der Waals surface area contributed by atoms with Crippen LogP contribution in [0.4, 0.5) is 0 Å². The second-order valence-electron chi connectivity index (χ2n) is 7.09. The molecule has 0 bridgehead atoms. The number of hydrogen-bond donors (Lipinski definition) is 0. The first kappa shape index (κ1) is 14.9. The molecule has 5 nitrogen and oxygen atoms in total. The van der Waals surface area contributed by atoms with E-state index >= 15 is 0 Å². The molecule has 1 aromatic heterocycles. The summed E-state index contributed by atoms with van der Waals surface area (Å²) in [5, 5.41) is 0. The van der Waals surface area contributed by atoms with Gasteiger partial charge < -0.3 is 18.9 Å². The van der Waals surface area contributed by atoms with Gasteiger partial charge in [0.05, 0.1) is 6.04 Å². The van der Waals surface area contributed by atoms with Gasteiger partial charge in [0.1, 0.15) is 13.2 Å². The zero-order valence-corrected chi connectivity index (χ0v) is 14.2. The molecule has 5 heteroatoms. The molecule has 2 aliphatic heterocycles. The van der Waals surface area contributed by atoms with Crippen molar-refractivity contribution < 1.29 is 14.3 Å². The van der Waals surface area contributed by atoms with E-state index in [2.05, 4.69) is 33.9 Å². The summed E-state index contributed by atoms with van der Waals surface area (Å²) in [6.07, 6.45) is 5.34. The van der Waals surface area contributed by atoms with Gasteiger partial charge in [-0.1, -0.05) is 12.5 Å². The average molecular weight is 338 g/mol. The summed E-state index contributed by atoms with van der Waals surface area (Å²) in [5.74, 6) is 2.08. The Hall–Kier alpha value is -2.43. The topological polar surface area (TPSA) is 43.7 Å². The minimum absolute atomic E-state index is 0.0484. The smallest absolute Gasteiger partial charge is 0.226 e. The Morgan fingerprint density at radius 3 is 2.68 bits per heavy atom. The molecule has 0 spiro atoms. The van der Waals surface area contributed by atoms with E-state index in [1.165, 1.54) is 12.1 Å². The van der Waals surface area contributed by atoms with Crippen molar-refractivity contribution in [2.75, 3.05) is 19.8 Å². The Bertz CT molecular complexity index is 809. The molecule has 0 N–H and O–H groups in total. The quantitative estimate of drug-likeness (QED) is 0.845. The van der Waals surface area contributed by atoms with E-state index in [-0.39, 0.29) is 12.0 Å². The van der Waals surface area contributed by atoms with E-state index in [1.807, 2.05) is 12.1 Å². The van der Waals surface area contributed by atoms with Gasteiger partial charge in [-0.2, -0.15) is 0 Å². The van der Waals surface area contributed by atoms with Crippen LogP contribution < -0.4 is 9.47 Å². The van der Waals surface area contributed by atoms with Crippen LogP contribution in [0, 0.1) is 5.92 Å². The molecule has 25 heavy (non-hydrogen) atoms. The van der Waals surface area contributed by atoms with E-state index in [1.54, 1.807) is 0 Å². The minimum Gasteiger partial charge on any atom is -0.486 e. The number of rotatable bonds is 2. The second-order valence-corrected chi connectivity index (χ2v) is 7.09. The van der Waals surface area contributed by atoms with E-state index in [9.17, 15) is 4.79 Å². The summed E-state index contributed by atoms with van der Waals surface area (Å²) >= 11 is 0. The van der Waals surface area contributed by atoms with Crippen molar-refractivity contribution >= 4 is 5.91 Å². The number of nitrogens with zero attached hydrogens (tertiary/aromatic N) is 2. The fourth-order valence-electron chi connectivity index (χ4n) is 4.09. The fourth-order valence-corrected chi connectivity index (χ4v) is 4.09. The number of ether oxygens (including phenoxy) is 2. The van der Waals surface area contributed by atoms with Gasteiger partial charge in [-0.05, 0) is 42.7 Å². The van der Waals surface area contributed by atoms with Gasteiger partial charge in [-0.3, -0.25) is 4.79 Å². The highest BCUT2D eigenvalue weighted by Crippen LogP contribution is 2.40. The predicted octanol–water partition coefficient (Wildman–Crippen LogP) is 2.99. The number of aromatic nitrogens is 1. The molecule has 1 unspecified atom stereocenters. The molecular formula is C20H22N2O3. The molecule has 0 radical (unpaired) electrons. The minimum atomic E-state index is -0.0484. The summed E-state index contributed by atoms with van der Waals surface area (Å²) in [6.45, 7) is 2.78. The SMILES string of the molecule is O=C(C1CCC1)N1CCn2cccc2C1c1ccc2c(c1)OCCO2. The van der Waals surface area contributed by atoms with Crippen LogP contribution in [0.3, 0.4) is 0 Å². The fraction of sp³-hybridized carbons (Fsp3) is 0.450. The summed E-state index contributed by atoms with van der Waals surface area (Å²) in [7, 11) is 0. The molecule has 130 valence electrons. The lowest BCUT2D eigenvalue weighted by Gasteiger charge is -2.41. The van der Waals surface area contributed by atoms with Crippen LogP contribution in [0.15, 0.2) is 36.5 Å². The summed E-state index contributed by atoms with van der Waals surface area (Å²) in [6, 6.07) is 10.2. The first-order valence-electron chi connectivity index (χ1n) is 9.16. The second kappa shape index (κ2) is 5.83. The van der Waals surface area contributed by atoms with Crippen molar-refractivity contribution in [3.05, 3.63) is 47.8 Å². The zero-order chi connectivity index (χ0) is 16.8. The van der Waals surface area contributed by atoms with E-state index in [0.717, 1.165) is 43.0 Å². The third kappa shape index (κ3) is 2.41.